The number of H-pyrrole nitrogens is 1. The lowest BCUT2D eigenvalue weighted by Crippen LogP contribution is -2.35. The van der Waals surface area contributed by atoms with E-state index in [-0.39, 0.29) is 23.7 Å². The monoisotopic (exact) mass is 406 g/mol. The molecule has 0 saturated carbocycles. The number of sulfonamides is 1. The number of carbonyl (C=O) groups excluding carboxylic acids is 1. The van der Waals surface area contributed by atoms with Crippen molar-refractivity contribution >= 4 is 38.3 Å². The molecule has 0 atom stereocenters. The van der Waals surface area contributed by atoms with Crippen LogP contribution < -0.4 is 15.6 Å². The van der Waals surface area contributed by atoms with Gasteiger partial charge in [-0.1, -0.05) is 35.9 Å². The quantitative estimate of drug-likeness (QED) is 0.532. The van der Waals surface area contributed by atoms with Crippen molar-refractivity contribution in [2.45, 2.75) is 4.90 Å². The summed E-state index contributed by atoms with van der Waals surface area (Å²) in [6.45, 7) is 0.00956. The van der Waals surface area contributed by atoms with Gasteiger partial charge in [-0.05, 0) is 24.3 Å². The van der Waals surface area contributed by atoms with Gasteiger partial charge in [0.2, 0.25) is 10.0 Å². The van der Waals surface area contributed by atoms with Crippen molar-refractivity contribution in [2.24, 2.45) is 0 Å². The van der Waals surface area contributed by atoms with Crippen molar-refractivity contribution in [3.8, 4) is 0 Å². The van der Waals surface area contributed by atoms with Crippen LogP contribution in [0.25, 0.3) is 10.8 Å². The minimum Gasteiger partial charge on any atom is -0.349 e. The second-order valence-electron chi connectivity index (χ2n) is 5.56. The molecule has 140 valence electrons. The molecular weight excluding hydrogens is 392 g/mol. The highest BCUT2D eigenvalue weighted by Gasteiger charge is 2.15. The SMILES string of the molecule is O=C(NCCNS(=O)(=O)c1cccc(Cl)c1)c1n[nH]c(=O)c2ccccc12. The average molecular weight is 407 g/mol. The van der Waals surface area contributed by atoms with E-state index in [1.165, 1.54) is 18.2 Å². The van der Waals surface area contributed by atoms with E-state index < -0.39 is 21.5 Å². The number of hydrogen-bond acceptors (Lipinski definition) is 5. The molecule has 0 bridgehead atoms. The number of rotatable bonds is 6. The van der Waals surface area contributed by atoms with Gasteiger partial charge in [-0.3, -0.25) is 9.59 Å². The fourth-order valence-electron chi connectivity index (χ4n) is 2.45. The number of aromatic nitrogens is 2. The summed E-state index contributed by atoms with van der Waals surface area (Å²) in [7, 11) is -3.73. The number of fused-ring (bicyclic) bond motifs is 1. The van der Waals surface area contributed by atoms with Gasteiger partial charge in [-0.25, -0.2) is 18.2 Å². The van der Waals surface area contributed by atoms with Crippen molar-refractivity contribution in [2.75, 3.05) is 13.1 Å². The van der Waals surface area contributed by atoms with E-state index in [9.17, 15) is 18.0 Å². The van der Waals surface area contributed by atoms with Gasteiger partial charge in [0.25, 0.3) is 11.5 Å². The van der Waals surface area contributed by atoms with Gasteiger partial charge in [0.15, 0.2) is 5.69 Å². The zero-order chi connectivity index (χ0) is 19.4. The first-order chi connectivity index (χ1) is 12.9. The van der Waals surface area contributed by atoms with E-state index in [0.717, 1.165) is 0 Å². The molecule has 3 rings (SSSR count). The van der Waals surface area contributed by atoms with E-state index >= 15 is 0 Å². The Hall–Kier alpha value is -2.75. The summed E-state index contributed by atoms with van der Waals surface area (Å²) in [6, 6.07) is 12.4. The number of aromatic amines is 1. The first-order valence-electron chi connectivity index (χ1n) is 7.89. The van der Waals surface area contributed by atoms with Crippen LogP contribution in [-0.4, -0.2) is 37.6 Å². The van der Waals surface area contributed by atoms with E-state index in [2.05, 4.69) is 20.2 Å². The van der Waals surface area contributed by atoms with Crippen molar-refractivity contribution in [3.05, 3.63) is 69.6 Å². The molecule has 10 heteroatoms. The molecule has 0 aliphatic carbocycles. The Morgan fingerprint density at radius 3 is 2.56 bits per heavy atom. The normalized spacial score (nSPS) is 11.4. The van der Waals surface area contributed by atoms with Crippen LogP contribution in [-0.2, 0) is 10.0 Å². The first-order valence-corrected chi connectivity index (χ1v) is 9.75. The van der Waals surface area contributed by atoms with Gasteiger partial charge in [-0.15, -0.1) is 0 Å². The molecule has 1 amide bonds. The number of nitrogens with one attached hydrogen (secondary N) is 3. The third-order valence-electron chi connectivity index (χ3n) is 3.72. The highest BCUT2D eigenvalue weighted by molar-refractivity contribution is 7.89. The molecule has 0 saturated heterocycles. The second-order valence-corrected chi connectivity index (χ2v) is 7.76. The number of benzene rings is 2. The van der Waals surface area contributed by atoms with Crippen LogP contribution >= 0.6 is 11.6 Å². The van der Waals surface area contributed by atoms with Crippen LogP contribution in [0.2, 0.25) is 5.02 Å². The predicted octanol–water partition coefficient (Wildman–Crippen LogP) is 1.28. The van der Waals surface area contributed by atoms with Crippen LogP contribution in [0.5, 0.6) is 0 Å². The van der Waals surface area contributed by atoms with Gasteiger partial charge in [0.05, 0.1) is 10.3 Å². The summed E-state index contributed by atoms with van der Waals surface area (Å²) < 4.78 is 26.7. The molecule has 0 unspecified atom stereocenters. The number of nitrogens with zero attached hydrogens (tertiary/aromatic N) is 1. The Morgan fingerprint density at radius 2 is 1.81 bits per heavy atom. The van der Waals surface area contributed by atoms with Gasteiger partial charge in [-0.2, -0.15) is 5.10 Å². The maximum Gasteiger partial charge on any atom is 0.272 e. The van der Waals surface area contributed by atoms with Crippen molar-refractivity contribution in [1.29, 1.82) is 0 Å². The molecular formula is C17H15ClN4O4S. The van der Waals surface area contributed by atoms with Crippen LogP contribution in [0, 0.1) is 0 Å². The van der Waals surface area contributed by atoms with Gasteiger partial charge in [0.1, 0.15) is 0 Å². The minimum absolute atomic E-state index is 0.0259. The van der Waals surface area contributed by atoms with Gasteiger partial charge >= 0.3 is 0 Å². The highest BCUT2D eigenvalue weighted by atomic mass is 35.5. The Kier molecular flexibility index (Phi) is 5.54. The third-order valence-corrected chi connectivity index (χ3v) is 5.41. The van der Waals surface area contributed by atoms with Crippen LogP contribution in [0.15, 0.2) is 58.2 Å². The van der Waals surface area contributed by atoms with E-state index in [1.54, 1.807) is 30.3 Å². The standard InChI is InChI=1S/C17H15ClN4O4S/c18-11-4-3-5-12(10-11)27(25,26)20-9-8-19-17(24)15-13-6-1-2-7-14(13)16(23)22-21-15/h1-7,10,20H,8-9H2,(H,19,24)(H,22,23). The summed E-state index contributed by atoms with van der Waals surface area (Å²) in [6.07, 6.45) is 0. The molecule has 1 aromatic heterocycles. The summed E-state index contributed by atoms with van der Waals surface area (Å²) >= 11 is 5.80. The molecule has 0 aliphatic rings. The Morgan fingerprint density at radius 1 is 1.07 bits per heavy atom. The summed E-state index contributed by atoms with van der Waals surface area (Å²) in [4.78, 5) is 24.1. The van der Waals surface area contributed by atoms with Crippen molar-refractivity contribution in [3.63, 3.8) is 0 Å². The molecule has 3 N–H and O–H groups in total. The zero-order valence-electron chi connectivity index (χ0n) is 13.9. The lowest BCUT2D eigenvalue weighted by atomic mass is 10.1. The summed E-state index contributed by atoms with van der Waals surface area (Å²) in [5.74, 6) is -0.524. The Balaban J connectivity index is 1.64. The van der Waals surface area contributed by atoms with Crippen LogP contribution in [0.3, 0.4) is 0 Å². The van der Waals surface area contributed by atoms with Gasteiger partial charge < -0.3 is 5.32 Å². The number of halogens is 1. The summed E-state index contributed by atoms with van der Waals surface area (Å²) in [5, 5.41) is 9.70. The van der Waals surface area contributed by atoms with Gasteiger partial charge in [0, 0.05) is 23.5 Å². The van der Waals surface area contributed by atoms with Crippen molar-refractivity contribution < 1.29 is 13.2 Å². The molecule has 8 nitrogen and oxygen atoms in total. The topological polar surface area (TPSA) is 121 Å². The maximum absolute atomic E-state index is 12.3. The number of amides is 1. The molecule has 0 spiro atoms. The van der Waals surface area contributed by atoms with Crippen molar-refractivity contribution in [1.82, 2.24) is 20.2 Å². The van der Waals surface area contributed by atoms with E-state index in [1.807, 2.05) is 0 Å². The molecule has 2 aromatic carbocycles. The second kappa shape index (κ2) is 7.87. The van der Waals surface area contributed by atoms with Crippen LogP contribution in [0.4, 0.5) is 0 Å². The molecule has 3 aromatic rings. The smallest absolute Gasteiger partial charge is 0.272 e. The predicted molar refractivity (Wildman–Crippen MR) is 101 cm³/mol. The fourth-order valence-corrected chi connectivity index (χ4v) is 3.78. The lowest BCUT2D eigenvalue weighted by molar-refractivity contribution is 0.0950. The molecule has 0 radical (unpaired) electrons. The maximum atomic E-state index is 12.3. The Labute approximate surface area is 159 Å². The zero-order valence-corrected chi connectivity index (χ0v) is 15.5. The summed E-state index contributed by atoms with van der Waals surface area (Å²) in [5.41, 5.74) is -0.334. The van der Waals surface area contributed by atoms with E-state index in [4.69, 9.17) is 11.6 Å². The lowest BCUT2D eigenvalue weighted by Gasteiger charge is -2.09. The minimum atomic E-state index is -3.73. The number of hydrogen-bond donors (Lipinski definition) is 3. The van der Waals surface area contributed by atoms with Crippen LogP contribution in [0.1, 0.15) is 10.5 Å². The highest BCUT2D eigenvalue weighted by Crippen LogP contribution is 2.15. The number of carbonyl (C=O) groups is 1. The fraction of sp³-hybridized carbons (Fsp3) is 0.118. The third kappa shape index (κ3) is 4.33. The largest absolute Gasteiger partial charge is 0.349 e. The molecule has 27 heavy (non-hydrogen) atoms. The van der Waals surface area contributed by atoms with E-state index in [0.29, 0.717) is 15.8 Å². The molecule has 1 heterocycles. The Bertz CT molecular complexity index is 1160. The molecule has 0 aliphatic heterocycles. The average Bonchev–Trinajstić information content (AvgIpc) is 2.65. The first kappa shape index (κ1) is 19.0. The molecule has 0 fully saturated rings.